The highest BCUT2D eigenvalue weighted by atomic mass is 35.5. The van der Waals surface area contributed by atoms with Crippen LogP contribution in [0.4, 0.5) is 4.79 Å². The molecule has 0 bridgehead atoms. The summed E-state index contributed by atoms with van der Waals surface area (Å²) < 4.78 is 4.86. The van der Waals surface area contributed by atoms with Gasteiger partial charge in [0.1, 0.15) is 0 Å². The van der Waals surface area contributed by atoms with Crippen LogP contribution in [0.1, 0.15) is 25.5 Å². The Labute approximate surface area is 138 Å². The van der Waals surface area contributed by atoms with E-state index >= 15 is 0 Å². The highest BCUT2D eigenvalue weighted by Crippen LogP contribution is 2.35. The van der Waals surface area contributed by atoms with Gasteiger partial charge in [0.2, 0.25) is 0 Å². The summed E-state index contributed by atoms with van der Waals surface area (Å²) in [6, 6.07) is 3.95. The lowest BCUT2D eigenvalue weighted by atomic mass is 9.95. The Bertz CT molecular complexity index is 658. The van der Waals surface area contributed by atoms with Crippen LogP contribution < -0.4 is 5.32 Å². The molecule has 1 aliphatic heterocycles. The lowest BCUT2D eigenvalue weighted by Crippen LogP contribution is -2.47. The Hall–Kier alpha value is -1.72. The molecule has 0 spiro atoms. The molecule has 0 saturated heterocycles. The van der Waals surface area contributed by atoms with Gasteiger partial charge in [-0.3, -0.25) is 4.90 Å². The topological polar surface area (TPSA) is 58.6 Å². The number of esters is 1. The van der Waals surface area contributed by atoms with Crippen LogP contribution >= 0.6 is 23.2 Å². The number of carbonyl (C=O) groups excluding carboxylic acids is 2. The summed E-state index contributed by atoms with van der Waals surface area (Å²) in [6.45, 7) is 3.98. The molecule has 0 unspecified atom stereocenters. The molecule has 1 heterocycles. The average molecular weight is 343 g/mol. The molecular formula is C15H16Cl2N2O3. The van der Waals surface area contributed by atoms with Crippen molar-refractivity contribution in [2.45, 2.75) is 19.9 Å². The molecular weight excluding hydrogens is 327 g/mol. The molecule has 0 radical (unpaired) electrons. The minimum absolute atomic E-state index is 0.288. The standard InChI is InChI=1S/C15H16Cl2N2O3/c1-4-19-8(2)12(14(20)22-3)13(18-15(19)21)10-6-5-9(16)7-11(10)17/h5-7,13H,4H2,1-3H3,(H,18,21)/t13-/m1/s1. The molecule has 7 heteroatoms. The second-order valence-corrected chi connectivity index (χ2v) is 5.63. The van der Waals surface area contributed by atoms with Crippen LogP contribution in [0.5, 0.6) is 0 Å². The fourth-order valence-corrected chi connectivity index (χ4v) is 3.02. The molecule has 0 saturated carbocycles. The first-order valence-electron chi connectivity index (χ1n) is 6.72. The first-order chi connectivity index (χ1) is 10.4. The summed E-state index contributed by atoms with van der Waals surface area (Å²) in [6.07, 6.45) is 0. The van der Waals surface area contributed by atoms with Crippen molar-refractivity contribution in [2.75, 3.05) is 13.7 Å². The van der Waals surface area contributed by atoms with E-state index in [1.54, 1.807) is 25.1 Å². The van der Waals surface area contributed by atoms with Crippen LogP contribution in [0.15, 0.2) is 29.5 Å². The molecule has 2 rings (SSSR count). The Morgan fingerprint density at radius 1 is 1.41 bits per heavy atom. The smallest absolute Gasteiger partial charge is 0.337 e. The zero-order valence-electron chi connectivity index (χ0n) is 12.4. The third-order valence-electron chi connectivity index (χ3n) is 3.59. The molecule has 1 atom stereocenters. The lowest BCUT2D eigenvalue weighted by Gasteiger charge is -2.35. The van der Waals surface area contributed by atoms with Crippen LogP contribution in [0.2, 0.25) is 10.0 Å². The van der Waals surface area contributed by atoms with Gasteiger partial charge in [-0.15, -0.1) is 0 Å². The molecule has 22 heavy (non-hydrogen) atoms. The fourth-order valence-electron chi connectivity index (χ4n) is 2.51. The van der Waals surface area contributed by atoms with Gasteiger partial charge >= 0.3 is 12.0 Å². The molecule has 0 fully saturated rings. The van der Waals surface area contributed by atoms with Gasteiger partial charge in [-0.2, -0.15) is 0 Å². The summed E-state index contributed by atoms with van der Waals surface area (Å²) in [5.41, 5.74) is 1.50. The zero-order chi connectivity index (χ0) is 16.4. The third-order valence-corrected chi connectivity index (χ3v) is 4.15. The predicted octanol–water partition coefficient (Wildman–Crippen LogP) is 3.53. The number of halogens is 2. The molecule has 5 nitrogen and oxygen atoms in total. The van der Waals surface area contributed by atoms with Crippen LogP contribution in [-0.4, -0.2) is 30.6 Å². The van der Waals surface area contributed by atoms with Crippen LogP contribution in [0.25, 0.3) is 0 Å². The molecule has 0 aromatic heterocycles. The fraction of sp³-hybridized carbons (Fsp3) is 0.333. The molecule has 118 valence electrons. The Balaban J connectivity index is 2.60. The molecule has 2 amide bonds. The molecule has 1 aromatic rings. The van der Waals surface area contributed by atoms with Crippen molar-refractivity contribution < 1.29 is 14.3 Å². The van der Waals surface area contributed by atoms with E-state index in [4.69, 9.17) is 27.9 Å². The highest BCUT2D eigenvalue weighted by molar-refractivity contribution is 6.35. The molecule has 1 aliphatic rings. The van der Waals surface area contributed by atoms with Crippen molar-refractivity contribution in [3.8, 4) is 0 Å². The number of hydrogen-bond donors (Lipinski definition) is 1. The van der Waals surface area contributed by atoms with Gasteiger partial charge in [-0.05, 0) is 31.5 Å². The summed E-state index contributed by atoms with van der Waals surface area (Å²) >= 11 is 12.1. The van der Waals surface area contributed by atoms with Crippen molar-refractivity contribution in [1.29, 1.82) is 0 Å². The van der Waals surface area contributed by atoms with Crippen LogP contribution in [-0.2, 0) is 9.53 Å². The van der Waals surface area contributed by atoms with Gasteiger partial charge < -0.3 is 10.1 Å². The maximum Gasteiger partial charge on any atom is 0.337 e. The second kappa shape index (κ2) is 6.58. The van der Waals surface area contributed by atoms with Gasteiger partial charge in [0, 0.05) is 22.3 Å². The minimum Gasteiger partial charge on any atom is -0.466 e. The van der Waals surface area contributed by atoms with Crippen molar-refractivity contribution in [3.63, 3.8) is 0 Å². The number of hydrogen-bond acceptors (Lipinski definition) is 3. The maximum atomic E-state index is 12.2. The first-order valence-corrected chi connectivity index (χ1v) is 7.48. The quantitative estimate of drug-likeness (QED) is 0.855. The predicted molar refractivity (Wildman–Crippen MR) is 84.8 cm³/mol. The number of urea groups is 1. The van der Waals surface area contributed by atoms with E-state index in [0.29, 0.717) is 33.4 Å². The van der Waals surface area contributed by atoms with Gasteiger partial charge in [0.05, 0.1) is 18.7 Å². The largest absolute Gasteiger partial charge is 0.466 e. The third kappa shape index (κ3) is 2.91. The van der Waals surface area contributed by atoms with Crippen molar-refractivity contribution in [3.05, 3.63) is 45.1 Å². The maximum absolute atomic E-state index is 12.2. The number of carbonyl (C=O) groups is 2. The Morgan fingerprint density at radius 3 is 2.64 bits per heavy atom. The van der Waals surface area contributed by atoms with Crippen molar-refractivity contribution in [1.82, 2.24) is 10.2 Å². The number of amides is 2. The van der Waals surface area contributed by atoms with Gasteiger partial charge in [0.15, 0.2) is 0 Å². The SMILES string of the molecule is CCN1C(=O)N[C@H](c2ccc(Cl)cc2Cl)C(C(=O)OC)=C1C. The Morgan fingerprint density at radius 2 is 2.09 bits per heavy atom. The first kappa shape index (κ1) is 16.6. The van der Waals surface area contributed by atoms with E-state index in [9.17, 15) is 9.59 Å². The number of allylic oxidation sites excluding steroid dienone is 1. The molecule has 1 N–H and O–H groups in total. The summed E-state index contributed by atoms with van der Waals surface area (Å²) in [5.74, 6) is -0.507. The minimum atomic E-state index is -0.674. The summed E-state index contributed by atoms with van der Waals surface area (Å²) in [4.78, 5) is 25.9. The Kier molecular flexibility index (Phi) is 4.98. The van der Waals surface area contributed by atoms with E-state index in [-0.39, 0.29) is 6.03 Å². The van der Waals surface area contributed by atoms with Crippen LogP contribution in [0, 0.1) is 0 Å². The number of benzene rings is 1. The average Bonchev–Trinajstić information content (AvgIpc) is 2.46. The van der Waals surface area contributed by atoms with E-state index in [0.717, 1.165) is 0 Å². The van der Waals surface area contributed by atoms with E-state index in [2.05, 4.69) is 5.32 Å². The molecule has 1 aromatic carbocycles. The number of nitrogens with one attached hydrogen (secondary N) is 1. The summed E-state index contributed by atoms with van der Waals surface area (Å²) in [5, 5.41) is 3.64. The number of nitrogens with zero attached hydrogens (tertiary/aromatic N) is 1. The van der Waals surface area contributed by atoms with Gasteiger partial charge in [-0.25, -0.2) is 9.59 Å². The molecule has 0 aliphatic carbocycles. The van der Waals surface area contributed by atoms with Crippen LogP contribution in [0.3, 0.4) is 0 Å². The van der Waals surface area contributed by atoms with Crippen molar-refractivity contribution >= 4 is 35.2 Å². The second-order valence-electron chi connectivity index (χ2n) is 4.78. The van der Waals surface area contributed by atoms with Crippen molar-refractivity contribution in [2.24, 2.45) is 0 Å². The summed E-state index contributed by atoms with van der Waals surface area (Å²) in [7, 11) is 1.30. The van der Waals surface area contributed by atoms with E-state index in [1.807, 2.05) is 6.92 Å². The zero-order valence-corrected chi connectivity index (χ0v) is 14.0. The monoisotopic (exact) mass is 342 g/mol. The number of methoxy groups -OCH3 is 1. The van der Waals surface area contributed by atoms with E-state index in [1.165, 1.54) is 12.0 Å². The lowest BCUT2D eigenvalue weighted by molar-refractivity contribution is -0.136. The highest BCUT2D eigenvalue weighted by Gasteiger charge is 2.36. The van der Waals surface area contributed by atoms with Gasteiger partial charge in [0.25, 0.3) is 0 Å². The number of rotatable bonds is 3. The number of ether oxygens (including phenoxy) is 1. The normalized spacial score (nSPS) is 18.3. The van der Waals surface area contributed by atoms with E-state index < -0.39 is 12.0 Å². The van der Waals surface area contributed by atoms with Gasteiger partial charge in [-0.1, -0.05) is 29.3 Å².